The Kier molecular flexibility index (Phi) is 9.31. The average molecular weight is 592 g/mol. The number of halogens is 1. The van der Waals surface area contributed by atoms with E-state index < -0.39 is 20.5 Å². The fourth-order valence-corrected chi connectivity index (χ4v) is 5.76. The van der Waals surface area contributed by atoms with Crippen LogP contribution < -0.4 is 5.32 Å². The molecule has 1 aliphatic rings. The summed E-state index contributed by atoms with van der Waals surface area (Å²) in [6.45, 7) is 2.72. The van der Waals surface area contributed by atoms with Crippen molar-refractivity contribution in [3.8, 4) is 0 Å². The lowest BCUT2D eigenvalue weighted by Crippen LogP contribution is -2.38. The second kappa shape index (κ2) is 12.9. The molecule has 1 aliphatic heterocycles. The molecule has 0 bridgehead atoms. The molecule has 2 N–H and O–H groups in total. The second-order valence-electron chi connectivity index (χ2n) is 10.0. The van der Waals surface area contributed by atoms with E-state index in [1.807, 2.05) is 55.5 Å². The van der Waals surface area contributed by atoms with E-state index in [0.717, 1.165) is 53.3 Å². The molecule has 1 fully saturated rings. The van der Waals surface area contributed by atoms with Gasteiger partial charge in [0.1, 0.15) is 16.4 Å². The predicted molar refractivity (Wildman–Crippen MR) is 157 cm³/mol. The fourth-order valence-electron chi connectivity index (χ4n) is 5.03. The summed E-state index contributed by atoms with van der Waals surface area (Å²) in [5.41, 5.74) is 4.04. The van der Waals surface area contributed by atoms with E-state index in [4.69, 9.17) is 9.90 Å². The zero-order valence-corrected chi connectivity index (χ0v) is 23.9. The zero-order chi connectivity index (χ0) is 30.4. The Bertz CT molecular complexity index is 1730. The number of amides is 2. The molecule has 218 valence electrons. The zero-order valence-electron chi connectivity index (χ0n) is 23.1. The molecule has 1 aromatic heterocycles. The van der Waals surface area contributed by atoms with Gasteiger partial charge in [0.05, 0.1) is 5.52 Å². The number of sulfone groups is 1. The van der Waals surface area contributed by atoms with E-state index in [-0.39, 0.29) is 29.8 Å². The molecule has 2 amide bonds. The van der Waals surface area contributed by atoms with Crippen LogP contribution in [-0.4, -0.2) is 61.0 Å². The third-order valence-electron chi connectivity index (χ3n) is 7.16. The number of para-hydroxylation sites is 1. The maximum Gasteiger partial charge on any atom is 0.290 e. The van der Waals surface area contributed by atoms with E-state index in [9.17, 15) is 22.4 Å². The highest BCUT2D eigenvalue weighted by Gasteiger charge is 2.26. The number of nitrogens with one attached hydrogen (secondary N) is 1. The summed E-state index contributed by atoms with van der Waals surface area (Å²) in [4.78, 5) is 39.8. The number of pyridine rings is 1. The van der Waals surface area contributed by atoms with Crippen LogP contribution >= 0.6 is 0 Å². The number of aryl methyl sites for hydroxylation is 1. The van der Waals surface area contributed by atoms with Gasteiger partial charge in [-0.15, -0.1) is 0 Å². The van der Waals surface area contributed by atoms with Gasteiger partial charge in [-0.25, -0.2) is 17.8 Å². The van der Waals surface area contributed by atoms with Gasteiger partial charge in [-0.3, -0.25) is 14.4 Å². The molecule has 0 saturated carbocycles. The fraction of sp³-hybridized carbons (Fsp3) is 0.226. The van der Waals surface area contributed by atoms with E-state index in [0.29, 0.717) is 24.5 Å². The second-order valence-corrected chi connectivity index (χ2v) is 12.0. The van der Waals surface area contributed by atoms with Gasteiger partial charge in [-0.1, -0.05) is 30.3 Å². The lowest BCUT2D eigenvalue weighted by atomic mass is 9.89. The van der Waals surface area contributed by atoms with Crippen LogP contribution in [0.25, 0.3) is 10.9 Å². The van der Waals surface area contributed by atoms with Crippen molar-refractivity contribution in [2.24, 2.45) is 0 Å². The number of hydrogen-bond acceptors (Lipinski definition) is 6. The van der Waals surface area contributed by atoms with Crippen LogP contribution in [0.5, 0.6) is 0 Å². The molecule has 11 heteroatoms. The number of piperidine rings is 1. The number of hydrogen-bond donors (Lipinski definition) is 2. The molecule has 0 aliphatic carbocycles. The first kappa shape index (κ1) is 30.3. The molecule has 0 radical (unpaired) electrons. The monoisotopic (exact) mass is 591 g/mol. The molecule has 3 aromatic carbocycles. The number of carbonyl (C=O) groups is 3. The van der Waals surface area contributed by atoms with E-state index in [2.05, 4.69) is 10.3 Å². The molecule has 4 aromatic rings. The first-order valence-corrected chi connectivity index (χ1v) is 15.1. The normalized spacial score (nSPS) is 13.6. The SMILES string of the molecule is Cc1cc(C(=O)Nc2ccc(C3CCN(C(=O)c4ccc(S(C)(=O)=O)c(F)c4)CC3)cc2)nc2ccccc12.O=CO. The summed E-state index contributed by atoms with van der Waals surface area (Å²) in [7, 11) is -3.70. The summed E-state index contributed by atoms with van der Waals surface area (Å²) in [5, 5.41) is 10.8. The first-order valence-electron chi connectivity index (χ1n) is 13.2. The third-order valence-corrected chi connectivity index (χ3v) is 8.29. The van der Waals surface area contributed by atoms with Crippen LogP contribution in [-0.2, 0) is 14.6 Å². The number of benzene rings is 3. The van der Waals surface area contributed by atoms with Crippen LogP contribution in [0, 0.1) is 12.7 Å². The third kappa shape index (κ3) is 6.98. The number of rotatable bonds is 5. The van der Waals surface area contributed by atoms with Gasteiger partial charge in [-0.2, -0.15) is 0 Å². The predicted octanol–water partition coefficient (Wildman–Crippen LogP) is 5.06. The van der Waals surface area contributed by atoms with E-state index >= 15 is 0 Å². The highest BCUT2D eigenvalue weighted by molar-refractivity contribution is 7.90. The van der Waals surface area contributed by atoms with E-state index in [1.54, 1.807) is 11.0 Å². The molecule has 2 heterocycles. The number of carbonyl (C=O) groups excluding carboxylic acids is 2. The minimum atomic E-state index is -3.70. The van der Waals surface area contributed by atoms with Crippen molar-refractivity contribution >= 4 is 44.7 Å². The van der Waals surface area contributed by atoms with Crippen LogP contribution in [0.4, 0.5) is 10.1 Å². The quantitative estimate of drug-likeness (QED) is 0.310. The van der Waals surface area contributed by atoms with Gasteiger partial charge >= 0.3 is 0 Å². The topological polar surface area (TPSA) is 134 Å². The molecule has 0 unspecified atom stereocenters. The van der Waals surface area contributed by atoms with Crippen molar-refractivity contribution in [1.82, 2.24) is 9.88 Å². The molecule has 0 spiro atoms. The molecule has 9 nitrogen and oxygen atoms in total. The smallest absolute Gasteiger partial charge is 0.290 e. The molecule has 42 heavy (non-hydrogen) atoms. The van der Waals surface area contributed by atoms with Gasteiger partial charge in [0.25, 0.3) is 18.3 Å². The first-order chi connectivity index (χ1) is 20.0. The van der Waals surface area contributed by atoms with Gasteiger partial charge < -0.3 is 15.3 Å². The summed E-state index contributed by atoms with van der Waals surface area (Å²) in [6.07, 6.45) is 2.41. The van der Waals surface area contributed by atoms with Crippen LogP contribution in [0.3, 0.4) is 0 Å². The summed E-state index contributed by atoms with van der Waals surface area (Å²) in [5.74, 6) is -1.27. The van der Waals surface area contributed by atoms with Crippen molar-refractivity contribution in [1.29, 1.82) is 0 Å². The van der Waals surface area contributed by atoms with Crippen LogP contribution in [0.15, 0.2) is 77.7 Å². The number of aromatic nitrogens is 1. The van der Waals surface area contributed by atoms with Gasteiger partial charge in [-0.05, 0) is 79.3 Å². The van der Waals surface area contributed by atoms with Gasteiger partial charge in [0.2, 0.25) is 0 Å². The minimum Gasteiger partial charge on any atom is -0.483 e. The Morgan fingerprint density at radius 1 is 1.02 bits per heavy atom. The lowest BCUT2D eigenvalue weighted by molar-refractivity contribution is -0.122. The molecular formula is C31H30FN3O6S. The number of likely N-dealkylation sites (tertiary alicyclic amines) is 1. The number of carboxylic acid groups (broad SMARTS) is 1. The molecule has 0 atom stereocenters. The maximum atomic E-state index is 14.3. The maximum absolute atomic E-state index is 14.3. The Morgan fingerprint density at radius 3 is 2.29 bits per heavy atom. The highest BCUT2D eigenvalue weighted by atomic mass is 32.2. The minimum absolute atomic E-state index is 0.134. The van der Waals surface area contributed by atoms with Gasteiger partial charge in [0.15, 0.2) is 9.84 Å². The summed E-state index contributed by atoms with van der Waals surface area (Å²) < 4.78 is 37.6. The Morgan fingerprint density at radius 2 is 1.67 bits per heavy atom. The van der Waals surface area contributed by atoms with Crippen molar-refractivity contribution in [3.63, 3.8) is 0 Å². The molecule has 5 rings (SSSR count). The van der Waals surface area contributed by atoms with Crippen molar-refractivity contribution in [3.05, 3.63) is 101 Å². The lowest BCUT2D eigenvalue weighted by Gasteiger charge is -2.32. The number of fused-ring (bicyclic) bond motifs is 1. The largest absolute Gasteiger partial charge is 0.483 e. The van der Waals surface area contributed by atoms with Crippen molar-refractivity contribution in [2.45, 2.75) is 30.6 Å². The van der Waals surface area contributed by atoms with Crippen molar-refractivity contribution in [2.75, 3.05) is 24.7 Å². The van der Waals surface area contributed by atoms with Crippen LogP contribution in [0.2, 0.25) is 0 Å². The van der Waals surface area contributed by atoms with Crippen molar-refractivity contribution < 1.29 is 32.3 Å². The highest BCUT2D eigenvalue weighted by Crippen LogP contribution is 2.30. The molecular weight excluding hydrogens is 561 g/mol. The van der Waals surface area contributed by atoms with Crippen LogP contribution in [0.1, 0.15) is 50.7 Å². The van der Waals surface area contributed by atoms with Gasteiger partial charge in [0, 0.05) is 36.0 Å². The summed E-state index contributed by atoms with van der Waals surface area (Å²) >= 11 is 0. The number of nitrogens with zero attached hydrogens (tertiary/aromatic N) is 2. The Labute approximate surface area is 242 Å². The Hall–Kier alpha value is -4.64. The summed E-state index contributed by atoms with van der Waals surface area (Å²) in [6, 6.07) is 20.7. The Balaban J connectivity index is 0.00000129. The van der Waals surface area contributed by atoms with E-state index in [1.165, 1.54) is 6.07 Å². The molecule has 1 saturated heterocycles. The standard InChI is InChI=1S/C30H28FN3O4S.CH2O2/c1-19-17-27(33-26-6-4-3-5-24(19)26)29(35)32-23-10-7-20(8-11-23)21-13-15-34(16-14-21)30(36)22-9-12-28(25(31)18-22)39(2,37)38;2-1-3/h3-12,17-18,21H,13-16H2,1-2H3,(H,32,35);1H,(H,2,3). The average Bonchev–Trinajstić information content (AvgIpc) is 2.97. The number of anilines is 1.